The molecule has 1 aliphatic heterocycles. The van der Waals surface area contributed by atoms with Gasteiger partial charge in [-0.3, -0.25) is 0 Å². The van der Waals surface area contributed by atoms with E-state index in [9.17, 15) is 0 Å². The maximum atomic E-state index is 5.42. The molecule has 1 N–H and O–H groups in total. The molecule has 1 aromatic carbocycles. The van der Waals surface area contributed by atoms with Crippen molar-refractivity contribution < 1.29 is 9.47 Å². The summed E-state index contributed by atoms with van der Waals surface area (Å²) < 4.78 is 10.7. The number of nitrogens with one attached hydrogen (secondary N) is 1. The number of pyridine rings is 1. The zero-order valence-electron chi connectivity index (χ0n) is 14.4. The second-order valence-electron chi connectivity index (χ2n) is 6.00. The molecule has 0 saturated carbocycles. The van der Waals surface area contributed by atoms with Crippen LogP contribution in [0.4, 0.5) is 5.82 Å². The lowest BCUT2D eigenvalue weighted by Gasteiger charge is -2.17. The molecule has 0 atom stereocenters. The second kappa shape index (κ2) is 8.02. The summed E-state index contributed by atoms with van der Waals surface area (Å²) >= 11 is 0. The van der Waals surface area contributed by atoms with Crippen molar-refractivity contribution >= 4 is 5.82 Å². The van der Waals surface area contributed by atoms with Crippen molar-refractivity contribution in [2.24, 2.45) is 0 Å². The zero-order valence-corrected chi connectivity index (χ0v) is 14.4. The molecule has 0 unspecified atom stereocenters. The zero-order chi connectivity index (χ0) is 16.8. The number of anilines is 1. The molecular weight excluding hydrogens is 302 g/mol. The van der Waals surface area contributed by atoms with Crippen molar-refractivity contribution in [1.29, 1.82) is 0 Å². The van der Waals surface area contributed by atoms with Gasteiger partial charge in [-0.25, -0.2) is 4.98 Å². The minimum Gasteiger partial charge on any atom is -0.497 e. The van der Waals surface area contributed by atoms with Crippen LogP contribution in [0.1, 0.15) is 24.0 Å². The van der Waals surface area contributed by atoms with E-state index in [-0.39, 0.29) is 0 Å². The average molecular weight is 327 g/mol. The molecule has 5 nitrogen and oxygen atoms in total. The molecular formula is C19H25N3O2. The Morgan fingerprint density at radius 2 is 1.88 bits per heavy atom. The highest BCUT2D eigenvalue weighted by molar-refractivity contribution is 5.42. The Hall–Kier alpha value is -2.27. The lowest BCUT2D eigenvalue weighted by atomic mass is 10.1. The van der Waals surface area contributed by atoms with Gasteiger partial charge in [-0.1, -0.05) is 0 Å². The van der Waals surface area contributed by atoms with Gasteiger partial charge < -0.3 is 19.7 Å². The Morgan fingerprint density at radius 3 is 2.62 bits per heavy atom. The Balaban J connectivity index is 1.61. The van der Waals surface area contributed by atoms with Crippen LogP contribution in [0.2, 0.25) is 0 Å². The normalized spacial score (nSPS) is 14.0. The monoisotopic (exact) mass is 327 g/mol. The van der Waals surface area contributed by atoms with E-state index in [4.69, 9.17) is 9.47 Å². The minimum absolute atomic E-state index is 0.724. The van der Waals surface area contributed by atoms with Crippen LogP contribution in [-0.4, -0.2) is 32.3 Å². The van der Waals surface area contributed by atoms with Gasteiger partial charge in [0, 0.05) is 37.9 Å². The van der Waals surface area contributed by atoms with Crippen LogP contribution < -0.4 is 19.7 Å². The van der Waals surface area contributed by atoms with E-state index < -0.39 is 0 Å². The van der Waals surface area contributed by atoms with Crippen LogP contribution >= 0.6 is 0 Å². The summed E-state index contributed by atoms with van der Waals surface area (Å²) in [6.45, 7) is 3.75. The van der Waals surface area contributed by atoms with Crippen LogP contribution in [-0.2, 0) is 13.1 Å². The highest BCUT2D eigenvalue weighted by Gasteiger charge is 2.13. The van der Waals surface area contributed by atoms with E-state index in [1.54, 1.807) is 14.2 Å². The maximum Gasteiger partial charge on any atom is 0.128 e. The SMILES string of the molecule is COc1ccc(OC)c(CNCc2ccnc(N3CCCC3)c2)c1. The van der Waals surface area contributed by atoms with Gasteiger partial charge in [-0.05, 0) is 48.7 Å². The van der Waals surface area contributed by atoms with Crippen molar-refractivity contribution in [3.63, 3.8) is 0 Å². The van der Waals surface area contributed by atoms with Crippen molar-refractivity contribution in [2.75, 3.05) is 32.2 Å². The molecule has 128 valence electrons. The van der Waals surface area contributed by atoms with E-state index in [1.807, 2.05) is 24.4 Å². The van der Waals surface area contributed by atoms with Crippen LogP contribution in [0, 0.1) is 0 Å². The number of methoxy groups -OCH3 is 2. The number of nitrogens with zero attached hydrogens (tertiary/aromatic N) is 2. The molecule has 24 heavy (non-hydrogen) atoms. The van der Waals surface area contributed by atoms with E-state index in [0.29, 0.717) is 0 Å². The lowest BCUT2D eigenvalue weighted by Crippen LogP contribution is -2.19. The van der Waals surface area contributed by atoms with Gasteiger partial charge in [0.25, 0.3) is 0 Å². The first kappa shape index (κ1) is 16.6. The molecule has 2 heterocycles. The first-order valence-electron chi connectivity index (χ1n) is 8.41. The third kappa shape index (κ3) is 3.97. The van der Waals surface area contributed by atoms with E-state index in [1.165, 1.54) is 18.4 Å². The molecule has 0 amide bonds. The quantitative estimate of drug-likeness (QED) is 0.847. The number of benzene rings is 1. The number of hydrogen-bond acceptors (Lipinski definition) is 5. The predicted molar refractivity (Wildman–Crippen MR) is 95.8 cm³/mol. The van der Waals surface area contributed by atoms with Gasteiger partial charge in [0.1, 0.15) is 17.3 Å². The molecule has 0 spiro atoms. The summed E-state index contributed by atoms with van der Waals surface area (Å²) in [6.07, 6.45) is 4.43. The molecule has 1 fully saturated rings. The first-order valence-corrected chi connectivity index (χ1v) is 8.41. The molecule has 1 aliphatic rings. The Morgan fingerprint density at radius 1 is 1.04 bits per heavy atom. The van der Waals surface area contributed by atoms with Gasteiger partial charge in [0.05, 0.1) is 14.2 Å². The minimum atomic E-state index is 0.724. The number of rotatable bonds is 7. The van der Waals surface area contributed by atoms with Crippen molar-refractivity contribution in [1.82, 2.24) is 10.3 Å². The van der Waals surface area contributed by atoms with Crippen LogP contribution in [0.3, 0.4) is 0 Å². The largest absolute Gasteiger partial charge is 0.497 e. The van der Waals surface area contributed by atoms with E-state index >= 15 is 0 Å². The first-order chi connectivity index (χ1) is 11.8. The van der Waals surface area contributed by atoms with Gasteiger partial charge in [-0.2, -0.15) is 0 Å². The fourth-order valence-electron chi connectivity index (χ4n) is 3.05. The Kier molecular flexibility index (Phi) is 5.54. The number of aromatic nitrogens is 1. The smallest absolute Gasteiger partial charge is 0.128 e. The predicted octanol–water partition coefficient (Wildman–Crippen LogP) is 2.99. The number of hydrogen-bond donors (Lipinski definition) is 1. The standard InChI is InChI=1S/C19H25N3O2/c1-23-17-5-6-18(24-2)16(12-17)14-20-13-15-7-8-21-19(11-15)22-9-3-4-10-22/h5-8,11-12,20H,3-4,9-10,13-14H2,1-2H3. The molecule has 2 aromatic rings. The Bertz CT molecular complexity index is 669. The van der Waals surface area contributed by atoms with Gasteiger partial charge in [-0.15, -0.1) is 0 Å². The van der Waals surface area contributed by atoms with E-state index in [2.05, 4.69) is 27.3 Å². The molecule has 5 heteroatoms. The average Bonchev–Trinajstić information content (AvgIpc) is 3.16. The van der Waals surface area contributed by atoms with Gasteiger partial charge in [0.2, 0.25) is 0 Å². The summed E-state index contributed by atoms with van der Waals surface area (Å²) in [6, 6.07) is 10.1. The van der Waals surface area contributed by atoms with Crippen LogP contribution in [0.5, 0.6) is 11.5 Å². The summed E-state index contributed by atoms with van der Waals surface area (Å²) in [5.41, 5.74) is 2.33. The second-order valence-corrected chi connectivity index (χ2v) is 6.00. The van der Waals surface area contributed by atoms with E-state index in [0.717, 1.165) is 49.1 Å². The molecule has 3 rings (SSSR count). The third-order valence-corrected chi connectivity index (χ3v) is 4.37. The lowest BCUT2D eigenvalue weighted by molar-refractivity contribution is 0.397. The van der Waals surface area contributed by atoms with Crippen molar-refractivity contribution in [3.05, 3.63) is 47.7 Å². The number of ether oxygens (including phenoxy) is 2. The molecule has 1 aromatic heterocycles. The maximum absolute atomic E-state index is 5.42. The van der Waals surface area contributed by atoms with Gasteiger partial charge >= 0.3 is 0 Å². The Labute approximate surface area is 143 Å². The van der Waals surface area contributed by atoms with Crippen LogP contribution in [0.25, 0.3) is 0 Å². The third-order valence-electron chi connectivity index (χ3n) is 4.37. The summed E-state index contributed by atoms with van der Waals surface area (Å²) in [7, 11) is 3.37. The summed E-state index contributed by atoms with van der Waals surface area (Å²) in [5, 5.41) is 3.48. The highest BCUT2D eigenvalue weighted by atomic mass is 16.5. The van der Waals surface area contributed by atoms with Crippen molar-refractivity contribution in [2.45, 2.75) is 25.9 Å². The van der Waals surface area contributed by atoms with Crippen LogP contribution in [0.15, 0.2) is 36.5 Å². The summed E-state index contributed by atoms with van der Waals surface area (Å²) in [4.78, 5) is 6.86. The fraction of sp³-hybridized carbons (Fsp3) is 0.421. The van der Waals surface area contributed by atoms with Gasteiger partial charge in [0.15, 0.2) is 0 Å². The molecule has 0 bridgehead atoms. The fourth-order valence-corrected chi connectivity index (χ4v) is 3.05. The molecule has 0 aliphatic carbocycles. The summed E-state index contributed by atoms with van der Waals surface area (Å²) in [5.74, 6) is 2.80. The molecule has 0 radical (unpaired) electrons. The van der Waals surface area contributed by atoms with Crippen molar-refractivity contribution in [3.8, 4) is 11.5 Å². The topological polar surface area (TPSA) is 46.6 Å². The molecule has 1 saturated heterocycles. The highest BCUT2D eigenvalue weighted by Crippen LogP contribution is 2.24.